The number of aryl methyl sites for hydroxylation is 2. The molecule has 6 heteroatoms. The Hall–Kier alpha value is -2.34. The fraction of sp³-hybridized carbons (Fsp3) is 0.280. The number of nitrogens with zero attached hydrogens (tertiary/aromatic N) is 2. The minimum atomic E-state index is -2.69. The van der Waals surface area contributed by atoms with Crippen LogP contribution in [0.3, 0.4) is 0 Å². The normalized spacial score (nSPS) is 15.9. The first-order valence-electron chi connectivity index (χ1n) is 10.6. The van der Waals surface area contributed by atoms with Crippen LogP contribution in [0.1, 0.15) is 18.1 Å². The van der Waals surface area contributed by atoms with Gasteiger partial charge in [0, 0.05) is 36.5 Å². The van der Waals surface area contributed by atoms with Crippen molar-refractivity contribution in [1.29, 1.82) is 0 Å². The quantitative estimate of drug-likeness (QED) is 0.507. The SMILES string of the molecule is CN=S(=O)(NCC(C)CN1c2ccccc2CCc2ccccc21)c1ccc(Cl)cc1. The smallest absolute Gasteiger partial charge is 0.137 e. The lowest BCUT2D eigenvalue weighted by molar-refractivity contribution is 0.569. The molecule has 31 heavy (non-hydrogen) atoms. The van der Waals surface area contributed by atoms with Crippen LogP contribution in [-0.2, 0) is 22.8 Å². The molecule has 0 amide bonds. The monoisotopic (exact) mass is 453 g/mol. The second-order valence-electron chi connectivity index (χ2n) is 7.98. The standard InChI is InChI=1S/C25H28ClN3OS/c1-19(17-28-31(30,27-2)23-15-13-22(26)14-16-23)18-29-24-9-5-3-7-20(24)11-12-21-8-4-6-10-25(21)29/h3-10,13-16,19H,11-12,17-18H2,1-2H3,(H,27,28,30). The summed E-state index contributed by atoms with van der Waals surface area (Å²) in [5.74, 6) is 0.245. The number of benzene rings is 3. The van der Waals surface area contributed by atoms with Crippen LogP contribution in [-0.4, -0.2) is 24.3 Å². The highest BCUT2D eigenvalue weighted by Gasteiger charge is 2.22. The van der Waals surface area contributed by atoms with Crippen molar-refractivity contribution in [3.8, 4) is 0 Å². The Morgan fingerprint density at radius 1 is 0.968 bits per heavy atom. The molecule has 0 bridgehead atoms. The maximum atomic E-state index is 13.4. The van der Waals surface area contributed by atoms with Crippen molar-refractivity contribution in [2.24, 2.45) is 10.3 Å². The van der Waals surface area contributed by atoms with E-state index in [9.17, 15) is 4.21 Å². The van der Waals surface area contributed by atoms with Crippen LogP contribution in [0.2, 0.25) is 5.02 Å². The van der Waals surface area contributed by atoms with Gasteiger partial charge in [-0.05, 0) is 66.3 Å². The van der Waals surface area contributed by atoms with Crippen molar-refractivity contribution in [3.63, 3.8) is 0 Å². The molecule has 4 nitrogen and oxygen atoms in total. The molecule has 3 aromatic carbocycles. The second-order valence-corrected chi connectivity index (χ2v) is 10.6. The minimum absolute atomic E-state index is 0.245. The van der Waals surface area contributed by atoms with Gasteiger partial charge in [0.05, 0.1) is 4.90 Å². The maximum Gasteiger partial charge on any atom is 0.137 e. The molecule has 2 unspecified atom stereocenters. The highest BCUT2D eigenvalue weighted by atomic mass is 35.5. The third-order valence-electron chi connectivity index (χ3n) is 5.74. The fourth-order valence-corrected chi connectivity index (χ4v) is 5.72. The van der Waals surface area contributed by atoms with E-state index in [1.54, 1.807) is 31.3 Å². The molecule has 0 saturated carbocycles. The molecular weight excluding hydrogens is 426 g/mol. The number of hydrogen-bond acceptors (Lipinski definition) is 3. The van der Waals surface area contributed by atoms with Gasteiger partial charge in [-0.3, -0.25) is 0 Å². The average molecular weight is 454 g/mol. The fourth-order valence-electron chi connectivity index (χ4n) is 4.07. The van der Waals surface area contributed by atoms with Crippen molar-refractivity contribution in [2.45, 2.75) is 24.7 Å². The van der Waals surface area contributed by atoms with E-state index in [1.807, 2.05) is 0 Å². The van der Waals surface area contributed by atoms with E-state index in [1.165, 1.54) is 22.5 Å². The molecule has 3 aromatic rings. The summed E-state index contributed by atoms with van der Waals surface area (Å²) in [7, 11) is -1.10. The molecule has 1 aliphatic heterocycles. The molecule has 1 heterocycles. The van der Waals surface area contributed by atoms with Crippen LogP contribution < -0.4 is 9.62 Å². The lowest BCUT2D eigenvalue weighted by atomic mass is 10.0. The van der Waals surface area contributed by atoms with Crippen molar-refractivity contribution in [2.75, 3.05) is 25.0 Å². The Balaban J connectivity index is 1.55. The number of rotatable bonds is 6. The third kappa shape index (κ3) is 4.79. The molecule has 0 aliphatic carbocycles. The molecular formula is C25H28ClN3OS. The zero-order valence-corrected chi connectivity index (χ0v) is 19.5. The van der Waals surface area contributed by atoms with Crippen molar-refractivity contribution >= 4 is 32.9 Å². The number of para-hydroxylation sites is 2. The number of fused-ring (bicyclic) bond motifs is 2. The molecule has 0 radical (unpaired) electrons. The number of hydrogen-bond donors (Lipinski definition) is 1. The topological polar surface area (TPSA) is 44.7 Å². The predicted octanol–water partition coefficient (Wildman–Crippen LogP) is 5.87. The summed E-state index contributed by atoms with van der Waals surface area (Å²) >= 11 is 5.99. The first kappa shape index (κ1) is 21.9. The van der Waals surface area contributed by atoms with Gasteiger partial charge in [-0.1, -0.05) is 54.9 Å². The van der Waals surface area contributed by atoms with Crippen LogP contribution >= 0.6 is 11.6 Å². The molecule has 162 valence electrons. The summed E-state index contributed by atoms with van der Waals surface area (Å²) in [6.07, 6.45) is 2.07. The Bertz CT molecular complexity index is 1120. The van der Waals surface area contributed by atoms with Gasteiger partial charge >= 0.3 is 0 Å². The molecule has 1 N–H and O–H groups in total. The van der Waals surface area contributed by atoms with Crippen molar-refractivity contribution < 1.29 is 4.21 Å². The Kier molecular flexibility index (Phi) is 6.65. The molecule has 0 aromatic heterocycles. The van der Waals surface area contributed by atoms with Gasteiger partial charge in [0.1, 0.15) is 9.92 Å². The lowest BCUT2D eigenvalue weighted by Gasteiger charge is -2.30. The molecule has 0 saturated heterocycles. The minimum Gasteiger partial charge on any atom is -0.341 e. The molecule has 0 spiro atoms. The van der Waals surface area contributed by atoms with Crippen LogP contribution in [0, 0.1) is 5.92 Å². The molecule has 4 rings (SSSR count). The van der Waals surface area contributed by atoms with Crippen LogP contribution in [0.25, 0.3) is 0 Å². The Labute approximate surface area is 190 Å². The first-order chi connectivity index (χ1) is 15.0. The summed E-state index contributed by atoms with van der Waals surface area (Å²) in [5, 5.41) is 0.619. The zero-order valence-electron chi connectivity index (χ0n) is 17.9. The zero-order chi connectivity index (χ0) is 21.8. The Morgan fingerprint density at radius 3 is 2.06 bits per heavy atom. The van der Waals surface area contributed by atoms with E-state index in [4.69, 9.17) is 11.6 Å². The maximum absolute atomic E-state index is 13.4. The summed E-state index contributed by atoms with van der Waals surface area (Å²) in [6.45, 7) is 3.58. The molecule has 2 atom stereocenters. The van der Waals surface area contributed by atoms with Gasteiger partial charge in [-0.25, -0.2) is 13.3 Å². The average Bonchev–Trinajstić information content (AvgIpc) is 2.95. The third-order valence-corrected chi connectivity index (χ3v) is 7.98. The summed E-state index contributed by atoms with van der Waals surface area (Å²) in [6, 6.07) is 24.3. The number of halogens is 1. The molecule has 1 aliphatic rings. The Morgan fingerprint density at radius 2 is 1.52 bits per heavy atom. The van der Waals surface area contributed by atoms with Gasteiger partial charge in [0.15, 0.2) is 0 Å². The molecule has 0 fully saturated rings. The number of nitrogens with one attached hydrogen (secondary N) is 1. The van der Waals surface area contributed by atoms with Gasteiger partial charge < -0.3 is 4.90 Å². The van der Waals surface area contributed by atoms with E-state index in [2.05, 4.69) is 69.4 Å². The highest BCUT2D eigenvalue weighted by molar-refractivity contribution is 7.91. The lowest BCUT2D eigenvalue weighted by Crippen LogP contribution is -2.34. The van der Waals surface area contributed by atoms with Crippen LogP contribution in [0.15, 0.2) is 82.1 Å². The summed E-state index contributed by atoms with van der Waals surface area (Å²) in [4.78, 5) is 3.06. The van der Waals surface area contributed by atoms with Gasteiger partial charge in [-0.2, -0.15) is 0 Å². The van der Waals surface area contributed by atoms with Gasteiger partial charge in [0.2, 0.25) is 0 Å². The van der Waals surface area contributed by atoms with Crippen molar-refractivity contribution in [1.82, 2.24) is 4.72 Å². The van der Waals surface area contributed by atoms with E-state index < -0.39 is 9.92 Å². The second kappa shape index (κ2) is 9.43. The summed E-state index contributed by atoms with van der Waals surface area (Å²) < 4.78 is 20.8. The number of anilines is 2. The first-order valence-corrected chi connectivity index (χ1v) is 12.5. The van der Waals surface area contributed by atoms with Gasteiger partial charge in [0.25, 0.3) is 0 Å². The van der Waals surface area contributed by atoms with Crippen molar-refractivity contribution in [3.05, 3.63) is 88.9 Å². The van der Waals surface area contributed by atoms with Gasteiger partial charge in [-0.15, -0.1) is 0 Å². The van der Waals surface area contributed by atoms with E-state index in [0.717, 1.165) is 19.4 Å². The van der Waals surface area contributed by atoms with E-state index in [-0.39, 0.29) is 5.92 Å². The van der Waals surface area contributed by atoms with Crippen LogP contribution in [0.4, 0.5) is 11.4 Å². The largest absolute Gasteiger partial charge is 0.341 e. The van der Waals surface area contributed by atoms with E-state index in [0.29, 0.717) is 16.5 Å². The highest BCUT2D eigenvalue weighted by Crippen LogP contribution is 2.36. The summed E-state index contributed by atoms with van der Waals surface area (Å²) in [5.41, 5.74) is 5.26. The predicted molar refractivity (Wildman–Crippen MR) is 131 cm³/mol. The van der Waals surface area contributed by atoms with E-state index >= 15 is 0 Å². The van der Waals surface area contributed by atoms with Crippen LogP contribution in [0.5, 0.6) is 0 Å².